The lowest BCUT2D eigenvalue weighted by atomic mass is 10.2. The van der Waals surface area contributed by atoms with Crippen molar-refractivity contribution in [1.82, 2.24) is 9.97 Å². The molecule has 1 fully saturated rings. The number of rotatable bonds is 2. The molecular weight excluding hydrogens is 222 g/mol. The van der Waals surface area contributed by atoms with E-state index in [0.717, 1.165) is 0 Å². The number of carboxylic acid groups (broad SMARTS) is 1. The Morgan fingerprint density at radius 1 is 1.41 bits per heavy atom. The van der Waals surface area contributed by atoms with Crippen LogP contribution in [0.1, 0.15) is 24.3 Å². The number of hydrogen-bond donors (Lipinski definition) is 1. The number of anilines is 1. The number of aromatic carboxylic acids is 1. The van der Waals surface area contributed by atoms with Crippen LogP contribution in [-0.2, 0) is 4.74 Å². The Hall–Kier alpha value is -1.69. The molecule has 1 aromatic heterocycles. The molecule has 1 aliphatic rings. The van der Waals surface area contributed by atoms with Crippen LogP contribution in [0.15, 0.2) is 12.4 Å². The zero-order valence-electron chi connectivity index (χ0n) is 9.83. The number of ether oxygens (including phenoxy) is 1. The van der Waals surface area contributed by atoms with E-state index in [2.05, 4.69) is 9.97 Å². The van der Waals surface area contributed by atoms with Gasteiger partial charge in [-0.1, -0.05) is 0 Å². The molecule has 1 saturated heterocycles. The molecule has 2 atom stereocenters. The molecule has 0 radical (unpaired) electrons. The molecule has 1 N–H and O–H groups in total. The lowest BCUT2D eigenvalue weighted by molar-refractivity contribution is -0.00548. The minimum absolute atomic E-state index is 0.0331. The van der Waals surface area contributed by atoms with Crippen molar-refractivity contribution in [1.29, 1.82) is 0 Å². The molecule has 6 nitrogen and oxygen atoms in total. The van der Waals surface area contributed by atoms with E-state index in [1.165, 1.54) is 6.20 Å². The van der Waals surface area contributed by atoms with E-state index in [0.29, 0.717) is 18.9 Å². The fourth-order valence-electron chi connectivity index (χ4n) is 1.98. The van der Waals surface area contributed by atoms with Crippen LogP contribution in [0.25, 0.3) is 0 Å². The minimum atomic E-state index is -1.06. The number of carboxylic acids is 1. The summed E-state index contributed by atoms with van der Waals surface area (Å²) in [6, 6.07) is 0. The third-order valence-corrected chi connectivity index (χ3v) is 2.58. The van der Waals surface area contributed by atoms with E-state index < -0.39 is 5.97 Å². The molecule has 1 aliphatic heterocycles. The highest BCUT2D eigenvalue weighted by atomic mass is 16.5. The van der Waals surface area contributed by atoms with Crippen molar-refractivity contribution >= 4 is 11.8 Å². The summed E-state index contributed by atoms with van der Waals surface area (Å²) in [7, 11) is 0. The summed E-state index contributed by atoms with van der Waals surface area (Å²) in [6.45, 7) is 5.36. The molecule has 17 heavy (non-hydrogen) atoms. The molecule has 0 bridgehead atoms. The Morgan fingerprint density at radius 2 is 2.06 bits per heavy atom. The van der Waals surface area contributed by atoms with Crippen LogP contribution in [0.5, 0.6) is 0 Å². The number of morpholine rings is 1. The maximum atomic E-state index is 10.8. The van der Waals surface area contributed by atoms with Crippen molar-refractivity contribution in [3.63, 3.8) is 0 Å². The third-order valence-electron chi connectivity index (χ3n) is 2.58. The number of hydrogen-bond acceptors (Lipinski definition) is 5. The molecule has 2 rings (SSSR count). The van der Waals surface area contributed by atoms with Crippen molar-refractivity contribution in [2.24, 2.45) is 0 Å². The highest BCUT2D eigenvalue weighted by molar-refractivity contribution is 5.85. The molecule has 2 unspecified atom stereocenters. The number of aromatic nitrogens is 2. The fraction of sp³-hybridized carbons (Fsp3) is 0.545. The predicted octanol–water partition coefficient (Wildman–Crippen LogP) is 0.788. The predicted molar refractivity (Wildman–Crippen MR) is 61.2 cm³/mol. The first-order valence-corrected chi connectivity index (χ1v) is 5.52. The second-order valence-electron chi connectivity index (χ2n) is 4.23. The highest BCUT2D eigenvalue weighted by Crippen LogP contribution is 2.17. The van der Waals surface area contributed by atoms with Crippen LogP contribution in [-0.4, -0.2) is 46.3 Å². The average Bonchev–Trinajstić information content (AvgIpc) is 2.28. The van der Waals surface area contributed by atoms with Gasteiger partial charge in [0.25, 0.3) is 0 Å². The maximum absolute atomic E-state index is 10.8. The van der Waals surface area contributed by atoms with Gasteiger partial charge in [0.05, 0.1) is 24.6 Å². The van der Waals surface area contributed by atoms with Gasteiger partial charge in [0.15, 0.2) is 5.69 Å². The molecule has 0 saturated carbocycles. The van der Waals surface area contributed by atoms with Gasteiger partial charge >= 0.3 is 5.97 Å². The van der Waals surface area contributed by atoms with E-state index in [4.69, 9.17) is 9.84 Å². The number of nitrogens with zero attached hydrogens (tertiary/aromatic N) is 3. The summed E-state index contributed by atoms with van der Waals surface area (Å²) >= 11 is 0. The zero-order chi connectivity index (χ0) is 12.4. The minimum Gasteiger partial charge on any atom is -0.476 e. The largest absolute Gasteiger partial charge is 0.476 e. The van der Waals surface area contributed by atoms with E-state index in [9.17, 15) is 4.79 Å². The van der Waals surface area contributed by atoms with Crippen molar-refractivity contribution in [2.75, 3.05) is 18.0 Å². The van der Waals surface area contributed by atoms with E-state index >= 15 is 0 Å². The lowest BCUT2D eigenvalue weighted by Crippen LogP contribution is -2.46. The molecular formula is C11H15N3O3. The fourth-order valence-corrected chi connectivity index (χ4v) is 1.98. The Labute approximate surface area is 99.2 Å². The zero-order valence-corrected chi connectivity index (χ0v) is 9.83. The average molecular weight is 237 g/mol. The smallest absolute Gasteiger partial charge is 0.356 e. The Morgan fingerprint density at radius 3 is 2.65 bits per heavy atom. The Kier molecular flexibility index (Phi) is 3.23. The molecule has 2 heterocycles. The standard InChI is InChI=1S/C11H15N3O3/c1-7-5-14(6-8(2)17-7)10-4-12-3-9(13-10)11(15)16/h3-4,7-8H,5-6H2,1-2H3,(H,15,16). The second-order valence-corrected chi connectivity index (χ2v) is 4.23. The van der Waals surface area contributed by atoms with E-state index in [-0.39, 0.29) is 17.9 Å². The Balaban J connectivity index is 2.21. The van der Waals surface area contributed by atoms with Gasteiger partial charge in [0.2, 0.25) is 0 Å². The highest BCUT2D eigenvalue weighted by Gasteiger charge is 2.23. The van der Waals surface area contributed by atoms with Gasteiger partial charge < -0.3 is 14.7 Å². The first-order chi connectivity index (χ1) is 8.06. The molecule has 0 aliphatic carbocycles. The quantitative estimate of drug-likeness (QED) is 0.819. The summed E-state index contributed by atoms with van der Waals surface area (Å²) < 4.78 is 5.61. The van der Waals surface area contributed by atoms with Crippen molar-refractivity contribution in [3.8, 4) is 0 Å². The third kappa shape index (κ3) is 2.71. The van der Waals surface area contributed by atoms with Gasteiger partial charge in [-0.15, -0.1) is 0 Å². The second kappa shape index (κ2) is 4.67. The van der Waals surface area contributed by atoms with Gasteiger partial charge in [-0.05, 0) is 13.8 Å². The molecule has 6 heteroatoms. The molecule has 0 aromatic carbocycles. The van der Waals surface area contributed by atoms with Crippen LogP contribution < -0.4 is 4.90 Å². The van der Waals surface area contributed by atoms with Gasteiger partial charge in [0, 0.05) is 13.1 Å². The van der Waals surface area contributed by atoms with E-state index in [1.807, 2.05) is 18.7 Å². The van der Waals surface area contributed by atoms with Crippen LogP contribution in [0.4, 0.5) is 5.82 Å². The monoisotopic (exact) mass is 237 g/mol. The van der Waals surface area contributed by atoms with Gasteiger partial charge in [0.1, 0.15) is 5.82 Å². The van der Waals surface area contributed by atoms with Gasteiger partial charge in [-0.25, -0.2) is 9.78 Å². The summed E-state index contributed by atoms with van der Waals surface area (Å²) in [6.07, 6.45) is 3.04. The van der Waals surface area contributed by atoms with Crippen molar-refractivity contribution in [3.05, 3.63) is 18.1 Å². The van der Waals surface area contributed by atoms with Crippen LogP contribution in [0.3, 0.4) is 0 Å². The van der Waals surface area contributed by atoms with E-state index in [1.54, 1.807) is 6.20 Å². The SMILES string of the molecule is CC1CN(c2cncc(C(=O)O)n2)CC(C)O1. The summed E-state index contributed by atoms with van der Waals surface area (Å²) in [5, 5.41) is 8.87. The molecule has 92 valence electrons. The molecule has 1 aromatic rings. The first kappa shape index (κ1) is 11.8. The molecule has 0 amide bonds. The first-order valence-electron chi connectivity index (χ1n) is 5.52. The topological polar surface area (TPSA) is 75.6 Å². The van der Waals surface area contributed by atoms with Crippen molar-refractivity contribution in [2.45, 2.75) is 26.1 Å². The van der Waals surface area contributed by atoms with Gasteiger partial charge in [-0.3, -0.25) is 4.98 Å². The maximum Gasteiger partial charge on any atom is 0.356 e. The van der Waals surface area contributed by atoms with Crippen LogP contribution >= 0.6 is 0 Å². The summed E-state index contributed by atoms with van der Waals surface area (Å²) in [5.74, 6) is -0.472. The lowest BCUT2D eigenvalue weighted by Gasteiger charge is -2.35. The van der Waals surface area contributed by atoms with Crippen LogP contribution in [0, 0.1) is 0 Å². The summed E-state index contributed by atoms with van der Waals surface area (Å²) in [5.41, 5.74) is -0.0331. The summed E-state index contributed by atoms with van der Waals surface area (Å²) in [4.78, 5) is 20.8. The Bertz CT molecular complexity index is 414. The van der Waals surface area contributed by atoms with Gasteiger partial charge in [-0.2, -0.15) is 0 Å². The number of carbonyl (C=O) groups is 1. The molecule has 0 spiro atoms. The van der Waals surface area contributed by atoms with Crippen LogP contribution in [0.2, 0.25) is 0 Å². The normalized spacial score (nSPS) is 24.7. The van der Waals surface area contributed by atoms with Crippen molar-refractivity contribution < 1.29 is 14.6 Å².